The van der Waals surface area contributed by atoms with Crippen molar-refractivity contribution < 1.29 is 10.2 Å². The van der Waals surface area contributed by atoms with E-state index >= 15 is 0 Å². The standard InChI is InChI=1S/C12H19NO2/c1-8(2)9-5-6-10(11(14)7-9)12(15)13(3)4/h5-8,12,14-15H,1-4H3. The third-order valence-electron chi connectivity index (χ3n) is 2.49. The second kappa shape index (κ2) is 4.64. The maximum absolute atomic E-state index is 9.77. The van der Waals surface area contributed by atoms with Gasteiger partial charge in [-0.05, 0) is 31.6 Å². The molecule has 0 spiro atoms. The molecule has 0 bridgehead atoms. The summed E-state index contributed by atoms with van der Waals surface area (Å²) < 4.78 is 0. The Labute approximate surface area is 91.0 Å². The summed E-state index contributed by atoms with van der Waals surface area (Å²) in [6.45, 7) is 4.13. The van der Waals surface area contributed by atoms with Gasteiger partial charge in [0.05, 0.1) is 0 Å². The molecule has 0 fully saturated rings. The number of nitrogens with zero attached hydrogens (tertiary/aromatic N) is 1. The molecule has 84 valence electrons. The van der Waals surface area contributed by atoms with Crippen LogP contribution in [0.5, 0.6) is 5.75 Å². The van der Waals surface area contributed by atoms with Crippen molar-refractivity contribution in [3.8, 4) is 5.75 Å². The van der Waals surface area contributed by atoms with Gasteiger partial charge in [0, 0.05) is 5.56 Å². The summed E-state index contributed by atoms with van der Waals surface area (Å²) in [5.74, 6) is 0.531. The van der Waals surface area contributed by atoms with Gasteiger partial charge in [0.15, 0.2) is 0 Å². The van der Waals surface area contributed by atoms with Crippen LogP contribution in [0, 0.1) is 0 Å². The molecule has 0 heterocycles. The molecule has 0 radical (unpaired) electrons. The van der Waals surface area contributed by atoms with Crippen molar-refractivity contribution in [2.24, 2.45) is 0 Å². The van der Waals surface area contributed by atoms with Crippen LogP contribution in [0.4, 0.5) is 0 Å². The summed E-state index contributed by atoms with van der Waals surface area (Å²) in [5.41, 5.74) is 1.62. The molecule has 3 heteroatoms. The Morgan fingerprint density at radius 2 is 1.80 bits per heavy atom. The Morgan fingerprint density at radius 3 is 2.20 bits per heavy atom. The predicted octanol–water partition coefficient (Wildman–Crippen LogP) is 2.07. The zero-order valence-corrected chi connectivity index (χ0v) is 9.73. The molecular weight excluding hydrogens is 190 g/mol. The molecule has 2 N–H and O–H groups in total. The minimum atomic E-state index is -0.758. The van der Waals surface area contributed by atoms with Crippen molar-refractivity contribution in [3.63, 3.8) is 0 Å². The second-order valence-corrected chi connectivity index (χ2v) is 4.31. The number of phenols is 1. The molecule has 1 aromatic carbocycles. The van der Waals surface area contributed by atoms with Gasteiger partial charge in [0.1, 0.15) is 12.0 Å². The lowest BCUT2D eigenvalue weighted by Gasteiger charge is -2.20. The van der Waals surface area contributed by atoms with E-state index in [1.54, 1.807) is 31.1 Å². The fourth-order valence-corrected chi connectivity index (χ4v) is 1.42. The second-order valence-electron chi connectivity index (χ2n) is 4.31. The normalized spacial score (nSPS) is 13.5. The molecule has 0 aliphatic heterocycles. The Kier molecular flexibility index (Phi) is 3.72. The topological polar surface area (TPSA) is 43.7 Å². The fraction of sp³-hybridized carbons (Fsp3) is 0.500. The summed E-state index contributed by atoms with van der Waals surface area (Å²) >= 11 is 0. The Bertz CT molecular complexity index is 334. The lowest BCUT2D eigenvalue weighted by atomic mass is 10.0. The van der Waals surface area contributed by atoms with Crippen molar-refractivity contribution in [2.45, 2.75) is 26.0 Å². The van der Waals surface area contributed by atoms with Crippen molar-refractivity contribution in [3.05, 3.63) is 29.3 Å². The molecular formula is C12H19NO2. The van der Waals surface area contributed by atoms with Gasteiger partial charge in [-0.2, -0.15) is 0 Å². The third kappa shape index (κ3) is 2.70. The number of aliphatic hydroxyl groups is 1. The highest BCUT2D eigenvalue weighted by Gasteiger charge is 2.14. The minimum Gasteiger partial charge on any atom is -0.508 e. The zero-order valence-electron chi connectivity index (χ0n) is 9.73. The summed E-state index contributed by atoms with van der Waals surface area (Å²) in [4.78, 5) is 1.64. The lowest BCUT2D eigenvalue weighted by molar-refractivity contribution is 0.0375. The molecule has 3 nitrogen and oxygen atoms in total. The maximum Gasteiger partial charge on any atom is 0.136 e. The van der Waals surface area contributed by atoms with Crippen LogP contribution in [0.2, 0.25) is 0 Å². The maximum atomic E-state index is 9.77. The number of hydrogen-bond acceptors (Lipinski definition) is 3. The van der Waals surface area contributed by atoms with E-state index in [0.717, 1.165) is 5.56 Å². The highest BCUT2D eigenvalue weighted by Crippen LogP contribution is 2.28. The van der Waals surface area contributed by atoms with Crippen LogP contribution in [0.15, 0.2) is 18.2 Å². The van der Waals surface area contributed by atoms with E-state index in [2.05, 4.69) is 13.8 Å². The molecule has 1 rings (SSSR count). The molecule has 0 aromatic heterocycles. The highest BCUT2D eigenvalue weighted by atomic mass is 16.3. The number of hydrogen-bond donors (Lipinski definition) is 2. The first-order chi connectivity index (χ1) is 6.93. The monoisotopic (exact) mass is 209 g/mol. The van der Waals surface area contributed by atoms with Crippen molar-refractivity contribution in [1.29, 1.82) is 0 Å². The summed E-state index contributed by atoms with van der Waals surface area (Å²) in [7, 11) is 3.53. The van der Waals surface area contributed by atoms with Crippen LogP contribution in [0.25, 0.3) is 0 Å². The molecule has 1 unspecified atom stereocenters. The minimum absolute atomic E-state index is 0.155. The molecule has 0 aliphatic rings. The van der Waals surface area contributed by atoms with Crippen molar-refractivity contribution in [2.75, 3.05) is 14.1 Å². The van der Waals surface area contributed by atoms with Gasteiger partial charge in [-0.3, -0.25) is 4.90 Å². The number of aliphatic hydroxyl groups excluding tert-OH is 1. The number of phenolic OH excluding ortho intramolecular Hbond substituents is 1. The number of rotatable bonds is 3. The first kappa shape index (κ1) is 12.0. The predicted molar refractivity (Wildman–Crippen MR) is 60.8 cm³/mol. The van der Waals surface area contributed by atoms with Gasteiger partial charge in [0.2, 0.25) is 0 Å². The van der Waals surface area contributed by atoms with Crippen molar-refractivity contribution >= 4 is 0 Å². The van der Waals surface area contributed by atoms with E-state index in [1.165, 1.54) is 0 Å². The Hall–Kier alpha value is -1.06. The summed E-state index contributed by atoms with van der Waals surface area (Å²) in [5, 5.41) is 19.5. The average molecular weight is 209 g/mol. The molecule has 0 saturated heterocycles. The van der Waals surface area contributed by atoms with Crippen LogP contribution in [-0.2, 0) is 0 Å². The van der Waals surface area contributed by atoms with E-state index in [4.69, 9.17) is 0 Å². The van der Waals surface area contributed by atoms with Crippen molar-refractivity contribution in [1.82, 2.24) is 4.90 Å². The van der Waals surface area contributed by atoms with Crippen LogP contribution in [-0.4, -0.2) is 29.2 Å². The smallest absolute Gasteiger partial charge is 0.136 e. The van der Waals surface area contributed by atoms with Crippen LogP contribution < -0.4 is 0 Å². The summed E-state index contributed by atoms with van der Waals surface area (Å²) in [6, 6.07) is 5.43. The molecule has 0 amide bonds. The molecule has 1 atom stereocenters. The number of aromatic hydroxyl groups is 1. The zero-order chi connectivity index (χ0) is 11.6. The van der Waals surface area contributed by atoms with Gasteiger partial charge in [0.25, 0.3) is 0 Å². The lowest BCUT2D eigenvalue weighted by Crippen LogP contribution is -2.19. The van der Waals surface area contributed by atoms with E-state index in [-0.39, 0.29) is 5.75 Å². The van der Waals surface area contributed by atoms with Gasteiger partial charge in [-0.1, -0.05) is 26.0 Å². The Morgan fingerprint density at radius 1 is 1.20 bits per heavy atom. The van der Waals surface area contributed by atoms with Crippen LogP contribution in [0.1, 0.15) is 37.1 Å². The number of benzene rings is 1. The van der Waals surface area contributed by atoms with E-state index in [9.17, 15) is 10.2 Å². The van der Waals surface area contributed by atoms with Crippen LogP contribution >= 0.6 is 0 Å². The Balaban J connectivity index is 3.03. The third-order valence-corrected chi connectivity index (χ3v) is 2.49. The molecule has 0 aliphatic carbocycles. The van der Waals surface area contributed by atoms with E-state index < -0.39 is 6.23 Å². The SMILES string of the molecule is CC(C)c1ccc(C(O)N(C)C)c(O)c1. The first-order valence-corrected chi connectivity index (χ1v) is 5.10. The van der Waals surface area contributed by atoms with E-state index in [1.807, 2.05) is 6.07 Å². The summed E-state index contributed by atoms with van der Waals surface area (Å²) in [6.07, 6.45) is -0.758. The van der Waals surface area contributed by atoms with Crippen LogP contribution in [0.3, 0.4) is 0 Å². The van der Waals surface area contributed by atoms with Gasteiger partial charge in [-0.25, -0.2) is 0 Å². The molecule has 1 aromatic rings. The fourth-order valence-electron chi connectivity index (χ4n) is 1.42. The van der Waals surface area contributed by atoms with Gasteiger partial charge >= 0.3 is 0 Å². The van der Waals surface area contributed by atoms with Gasteiger partial charge < -0.3 is 10.2 Å². The van der Waals surface area contributed by atoms with E-state index in [0.29, 0.717) is 11.5 Å². The van der Waals surface area contributed by atoms with Gasteiger partial charge in [-0.15, -0.1) is 0 Å². The molecule has 0 saturated carbocycles. The first-order valence-electron chi connectivity index (χ1n) is 5.10. The molecule has 15 heavy (non-hydrogen) atoms. The largest absolute Gasteiger partial charge is 0.508 e. The highest BCUT2D eigenvalue weighted by molar-refractivity contribution is 5.38. The quantitative estimate of drug-likeness (QED) is 0.749. The average Bonchev–Trinajstić information content (AvgIpc) is 2.16.